The first kappa shape index (κ1) is 27.5. The van der Waals surface area contributed by atoms with Crippen LogP contribution in [0, 0.1) is 12.7 Å². The van der Waals surface area contributed by atoms with Gasteiger partial charge in [-0.1, -0.05) is 38.1 Å². The standard InChI is InChI=1S/C33H38FN5O2/c1-21-11-25(34)10-9-23(21)12-26-13-30-29(15-36-26)33(3,4)20-39(30)31(40)19-37-16-22(2)35-14-27(37)18-38-17-24-7-5-6-8-28(24)32(38)41/h5-11,13,15,22,27,35H,12,14,16-20H2,1-4H3/t22-,27-/m1/s1. The molecule has 3 aromatic rings. The molecule has 4 heterocycles. The summed E-state index contributed by atoms with van der Waals surface area (Å²) in [7, 11) is 0. The number of halogens is 1. The first-order chi connectivity index (χ1) is 19.6. The average Bonchev–Trinajstić information content (AvgIpc) is 3.39. The lowest BCUT2D eigenvalue weighted by atomic mass is 9.88. The van der Waals surface area contributed by atoms with Gasteiger partial charge in [-0.2, -0.15) is 0 Å². The molecular weight excluding hydrogens is 517 g/mol. The van der Waals surface area contributed by atoms with Crippen LogP contribution >= 0.6 is 0 Å². The number of carbonyl (C=O) groups is 2. The first-order valence-electron chi connectivity index (χ1n) is 14.5. The van der Waals surface area contributed by atoms with Gasteiger partial charge in [0.2, 0.25) is 5.91 Å². The lowest BCUT2D eigenvalue weighted by Gasteiger charge is -2.41. The Morgan fingerprint density at radius 2 is 1.98 bits per heavy atom. The van der Waals surface area contributed by atoms with Gasteiger partial charge in [-0.25, -0.2) is 4.39 Å². The van der Waals surface area contributed by atoms with Crippen molar-refractivity contribution in [2.45, 2.75) is 58.2 Å². The van der Waals surface area contributed by atoms with Gasteiger partial charge in [0, 0.05) is 79.7 Å². The molecule has 1 saturated heterocycles. The molecule has 0 bridgehead atoms. The summed E-state index contributed by atoms with van der Waals surface area (Å²) in [6.07, 6.45) is 2.48. The summed E-state index contributed by atoms with van der Waals surface area (Å²) in [5, 5.41) is 3.55. The van der Waals surface area contributed by atoms with Gasteiger partial charge in [0.05, 0.1) is 12.2 Å². The number of aryl methyl sites for hydroxylation is 1. The van der Waals surface area contributed by atoms with E-state index in [-0.39, 0.29) is 41.7 Å². The minimum absolute atomic E-state index is 0.0398. The van der Waals surface area contributed by atoms with Crippen molar-refractivity contribution in [1.29, 1.82) is 0 Å². The Balaban J connectivity index is 1.20. The van der Waals surface area contributed by atoms with E-state index in [1.54, 1.807) is 6.07 Å². The Hall–Kier alpha value is -3.62. The predicted octanol–water partition coefficient (Wildman–Crippen LogP) is 4.06. The number of piperazine rings is 1. The molecule has 2 aromatic carbocycles. The van der Waals surface area contributed by atoms with Crippen molar-refractivity contribution < 1.29 is 14.0 Å². The van der Waals surface area contributed by atoms with Crippen molar-refractivity contribution in [1.82, 2.24) is 20.1 Å². The third-order valence-electron chi connectivity index (χ3n) is 8.88. The zero-order chi connectivity index (χ0) is 28.9. The second-order valence-corrected chi connectivity index (χ2v) is 12.5. The van der Waals surface area contributed by atoms with E-state index >= 15 is 0 Å². The van der Waals surface area contributed by atoms with E-state index in [1.165, 1.54) is 6.07 Å². The van der Waals surface area contributed by atoms with E-state index in [0.717, 1.165) is 52.3 Å². The summed E-state index contributed by atoms with van der Waals surface area (Å²) in [6, 6.07) is 14.9. The fourth-order valence-corrected chi connectivity index (χ4v) is 6.55. The monoisotopic (exact) mass is 555 g/mol. The number of fused-ring (bicyclic) bond motifs is 2. The number of hydrogen-bond acceptors (Lipinski definition) is 5. The van der Waals surface area contributed by atoms with E-state index in [0.29, 0.717) is 26.1 Å². The molecule has 2 atom stereocenters. The van der Waals surface area contributed by atoms with Gasteiger partial charge in [-0.05, 0) is 54.8 Å². The third-order valence-corrected chi connectivity index (χ3v) is 8.88. The largest absolute Gasteiger partial charge is 0.333 e. The molecule has 0 radical (unpaired) electrons. The molecular formula is C33H38FN5O2. The fraction of sp³-hybridized carbons (Fsp3) is 0.424. The molecule has 0 aliphatic carbocycles. The van der Waals surface area contributed by atoms with Crippen LogP contribution in [0.4, 0.5) is 10.1 Å². The van der Waals surface area contributed by atoms with Crippen LogP contribution in [0.25, 0.3) is 0 Å². The van der Waals surface area contributed by atoms with Crippen LogP contribution in [0.2, 0.25) is 0 Å². The molecule has 1 fully saturated rings. The van der Waals surface area contributed by atoms with Crippen LogP contribution in [0.15, 0.2) is 54.7 Å². The molecule has 3 aliphatic heterocycles. The molecule has 7 nitrogen and oxygen atoms in total. The van der Waals surface area contributed by atoms with Crippen LogP contribution < -0.4 is 10.2 Å². The molecule has 6 rings (SSSR count). The van der Waals surface area contributed by atoms with E-state index < -0.39 is 0 Å². The Labute approximate surface area is 241 Å². The Kier molecular flexibility index (Phi) is 7.16. The summed E-state index contributed by atoms with van der Waals surface area (Å²) >= 11 is 0. The lowest BCUT2D eigenvalue weighted by molar-refractivity contribution is -0.120. The SMILES string of the molecule is Cc1cc(F)ccc1Cc1cc2c(cn1)C(C)(C)CN2C(=O)CN1C[C@@H](C)NC[C@@H]1CN1Cc2ccccc2C1=O. The zero-order valence-electron chi connectivity index (χ0n) is 24.3. The molecule has 0 unspecified atom stereocenters. The molecule has 2 amide bonds. The number of nitrogens with zero attached hydrogens (tertiary/aromatic N) is 4. The molecule has 3 aliphatic rings. The van der Waals surface area contributed by atoms with E-state index in [1.807, 2.05) is 59.3 Å². The maximum atomic E-state index is 14.0. The maximum absolute atomic E-state index is 14.0. The number of anilines is 1. The van der Waals surface area contributed by atoms with Gasteiger partial charge < -0.3 is 15.1 Å². The molecule has 214 valence electrons. The number of rotatable bonds is 6. The first-order valence-corrected chi connectivity index (χ1v) is 14.5. The predicted molar refractivity (Wildman–Crippen MR) is 158 cm³/mol. The summed E-state index contributed by atoms with van der Waals surface area (Å²) in [5.74, 6) is -0.120. The minimum atomic E-state index is -0.245. The number of nitrogens with one attached hydrogen (secondary N) is 1. The number of pyridine rings is 1. The summed E-state index contributed by atoms with van der Waals surface area (Å²) in [4.78, 5) is 37.8. The topological polar surface area (TPSA) is 68.8 Å². The van der Waals surface area contributed by atoms with E-state index in [4.69, 9.17) is 4.98 Å². The molecule has 1 aromatic heterocycles. The van der Waals surface area contributed by atoms with Crippen LogP contribution in [0.3, 0.4) is 0 Å². The molecule has 0 spiro atoms. The smallest absolute Gasteiger partial charge is 0.254 e. The number of carbonyl (C=O) groups excluding carboxylic acids is 2. The molecule has 8 heteroatoms. The quantitative estimate of drug-likeness (QED) is 0.497. The Bertz CT molecular complexity index is 1500. The lowest BCUT2D eigenvalue weighted by Crippen LogP contribution is -2.60. The number of amides is 2. The van der Waals surface area contributed by atoms with Gasteiger partial charge in [0.25, 0.3) is 5.91 Å². The van der Waals surface area contributed by atoms with Crippen molar-refractivity contribution >= 4 is 17.5 Å². The number of aromatic nitrogens is 1. The van der Waals surface area contributed by atoms with Gasteiger partial charge in [0.1, 0.15) is 5.82 Å². The average molecular weight is 556 g/mol. The van der Waals surface area contributed by atoms with Crippen molar-refractivity contribution in [3.05, 3.63) is 94.1 Å². The van der Waals surface area contributed by atoms with Crippen LogP contribution in [0.5, 0.6) is 0 Å². The highest BCUT2D eigenvalue weighted by atomic mass is 19.1. The summed E-state index contributed by atoms with van der Waals surface area (Å²) < 4.78 is 13.6. The second-order valence-electron chi connectivity index (χ2n) is 12.5. The van der Waals surface area contributed by atoms with Crippen molar-refractivity contribution in [3.8, 4) is 0 Å². The van der Waals surface area contributed by atoms with Gasteiger partial charge >= 0.3 is 0 Å². The molecule has 1 N–H and O–H groups in total. The van der Waals surface area contributed by atoms with Crippen LogP contribution in [-0.4, -0.2) is 71.4 Å². The zero-order valence-corrected chi connectivity index (χ0v) is 24.3. The highest BCUT2D eigenvalue weighted by molar-refractivity contribution is 5.98. The van der Waals surface area contributed by atoms with Crippen LogP contribution in [0.1, 0.15) is 59.1 Å². The highest BCUT2D eigenvalue weighted by Gasteiger charge is 2.40. The normalized spacial score (nSPS) is 21.7. The maximum Gasteiger partial charge on any atom is 0.254 e. The summed E-state index contributed by atoms with van der Waals surface area (Å²) in [6.45, 7) is 11.9. The number of benzene rings is 2. The minimum Gasteiger partial charge on any atom is -0.333 e. The van der Waals surface area contributed by atoms with Crippen molar-refractivity contribution in [3.63, 3.8) is 0 Å². The Morgan fingerprint density at radius 1 is 1.17 bits per heavy atom. The molecule has 0 saturated carbocycles. The van der Waals surface area contributed by atoms with E-state index in [9.17, 15) is 14.0 Å². The van der Waals surface area contributed by atoms with Gasteiger partial charge in [-0.15, -0.1) is 0 Å². The van der Waals surface area contributed by atoms with Gasteiger partial charge in [-0.3, -0.25) is 19.5 Å². The fourth-order valence-electron chi connectivity index (χ4n) is 6.55. The molecule has 41 heavy (non-hydrogen) atoms. The second kappa shape index (κ2) is 10.7. The van der Waals surface area contributed by atoms with Gasteiger partial charge in [0.15, 0.2) is 0 Å². The van der Waals surface area contributed by atoms with Crippen molar-refractivity contribution in [2.24, 2.45) is 0 Å². The van der Waals surface area contributed by atoms with E-state index in [2.05, 4.69) is 31.0 Å². The third kappa shape index (κ3) is 5.38. The van der Waals surface area contributed by atoms with Crippen molar-refractivity contribution in [2.75, 3.05) is 37.6 Å². The number of hydrogen-bond donors (Lipinski definition) is 1. The highest BCUT2D eigenvalue weighted by Crippen LogP contribution is 2.40. The summed E-state index contributed by atoms with van der Waals surface area (Å²) in [5.41, 5.74) is 6.37. The Morgan fingerprint density at radius 3 is 2.76 bits per heavy atom. The van der Waals surface area contributed by atoms with Crippen LogP contribution in [-0.2, 0) is 23.2 Å².